The van der Waals surface area contributed by atoms with E-state index in [9.17, 15) is 0 Å². The van der Waals surface area contributed by atoms with Gasteiger partial charge >= 0.3 is 0 Å². The Kier molecular flexibility index (Phi) is 5.73. The molecule has 0 saturated heterocycles. The van der Waals surface area contributed by atoms with Gasteiger partial charge in [-0.05, 0) is 23.6 Å². The summed E-state index contributed by atoms with van der Waals surface area (Å²) in [5, 5.41) is 0.982. The molecule has 0 aliphatic carbocycles. The van der Waals surface area contributed by atoms with E-state index in [0.29, 0.717) is 12.5 Å². The number of methoxy groups -OCH3 is 1. The molecular formula is C12H17BrO2. The Morgan fingerprint density at radius 2 is 1.93 bits per heavy atom. The Morgan fingerprint density at radius 1 is 1.27 bits per heavy atom. The molecule has 1 rings (SSSR count). The van der Waals surface area contributed by atoms with Crippen LogP contribution >= 0.6 is 15.9 Å². The lowest BCUT2D eigenvalue weighted by molar-refractivity contribution is 0.0985. The molecule has 0 heterocycles. The summed E-state index contributed by atoms with van der Waals surface area (Å²) in [6, 6.07) is 7.95. The quantitative estimate of drug-likeness (QED) is 0.741. The van der Waals surface area contributed by atoms with Crippen molar-refractivity contribution in [3.63, 3.8) is 0 Å². The molecule has 0 saturated carbocycles. The predicted molar refractivity (Wildman–Crippen MR) is 65.6 cm³/mol. The Labute approximate surface area is 99.7 Å². The standard InChI is InChI=1S/C12H17BrO2/c1-10(7-13)8-15-9-11-3-5-12(14-2)6-4-11/h3-6,10H,7-9H2,1-2H3. The zero-order valence-electron chi connectivity index (χ0n) is 9.20. The molecule has 0 spiro atoms. The van der Waals surface area contributed by atoms with E-state index in [1.54, 1.807) is 7.11 Å². The van der Waals surface area contributed by atoms with Crippen LogP contribution in [0.15, 0.2) is 24.3 Å². The van der Waals surface area contributed by atoms with Crippen LogP contribution in [0.5, 0.6) is 5.75 Å². The molecule has 0 aliphatic rings. The molecule has 0 fully saturated rings. The fraction of sp³-hybridized carbons (Fsp3) is 0.500. The largest absolute Gasteiger partial charge is 0.497 e. The lowest BCUT2D eigenvalue weighted by Gasteiger charge is -2.09. The predicted octanol–water partition coefficient (Wildman–Crippen LogP) is 3.24. The average Bonchev–Trinajstić information content (AvgIpc) is 2.29. The molecule has 1 aromatic carbocycles. The molecule has 84 valence electrons. The number of rotatable bonds is 6. The molecule has 0 aliphatic heterocycles. The molecule has 1 aromatic rings. The van der Waals surface area contributed by atoms with Crippen molar-refractivity contribution in [3.8, 4) is 5.75 Å². The van der Waals surface area contributed by atoms with Crippen LogP contribution in [0.4, 0.5) is 0 Å². The summed E-state index contributed by atoms with van der Waals surface area (Å²) < 4.78 is 10.7. The summed E-state index contributed by atoms with van der Waals surface area (Å²) in [6.45, 7) is 3.61. The van der Waals surface area contributed by atoms with Crippen LogP contribution in [0.2, 0.25) is 0 Å². The van der Waals surface area contributed by atoms with Crippen molar-refractivity contribution in [2.24, 2.45) is 5.92 Å². The number of hydrogen-bond acceptors (Lipinski definition) is 2. The van der Waals surface area contributed by atoms with Crippen LogP contribution < -0.4 is 4.74 Å². The SMILES string of the molecule is COc1ccc(COCC(C)CBr)cc1. The maximum atomic E-state index is 5.58. The van der Waals surface area contributed by atoms with E-state index in [1.807, 2.05) is 24.3 Å². The molecule has 1 unspecified atom stereocenters. The second-order valence-corrected chi connectivity index (χ2v) is 4.27. The minimum Gasteiger partial charge on any atom is -0.497 e. The number of benzene rings is 1. The van der Waals surface area contributed by atoms with Crippen molar-refractivity contribution in [1.29, 1.82) is 0 Å². The van der Waals surface area contributed by atoms with E-state index >= 15 is 0 Å². The zero-order valence-corrected chi connectivity index (χ0v) is 10.8. The van der Waals surface area contributed by atoms with Gasteiger partial charge in [0.1, 0.15) is 5.75 Å². The van der Waals surface area contributed by atoms with Gasteiger partial charge in [0, 0.05) is 5.33 Å². The van der Waals surface area contributed by atoms with E-state index in [2.05, 4.69) is 22.9 Å². The lowest BCUT2D eigenvalue weighted by atomic mass is 10.2. The summed E-state index contributed by atoms with van der Waals surface area (Å²) in [4.78, 5) is 0. The maximum Gasteiger partial charge on any atom is 0.118 e. The Hall–Kier alpha value is -0.540. The molecule has 0 N–H and O–H groups in total. The summed E-state index contributed by atoms with van der Waals surface area (Å²) in [5.41, 5.74) is 1.18. The second-order valence-electron chi connectivity index (χ2n) is 3.62. The molecule has 0 aromatic heterocycles. The van der Waals surface area contributed by atoms with Gasteiger partial charge in [0.15, 0.2) is 0 Å². The molecule has 0 bridgehead atoms. The van der Waals surface area contributed by atoms with Crippen LogP contribution in [0.25, 0.3) is 0 Å². The van der Waals surface area contributed by atoms with Crippen LogP contribution in [-0.4, -0.2) is 19.0 Å². The molecular weight excluding hydrogens is 256 g/mol. The smallest absolute Gasteiger partial charge is 0.118 e. The molecule has 1 atom stereocenters. The van der Waals surface area contributed by atoms with Gasteiger partial charge in [-0.3, -0.25) is 0 Å². The van der Waals surface area contributed by atoms with Crippen molar-refractivity contribution in [3.05, 3.63) is 29.8 Å². The molecule has 0 radical (unpaired) electrons. The van der Waals surface area contributed by atoms with Crippen molar-refractivity contribution >= 4 is 15.9 Å². The van der Waals surface area contributed by atoms with E-state index in [0.717, 1.165) is 17.7 Å². The van der Waals surface area contributed by atoms with Gasteiger partial charge in [-0.1, -0.05) is 35.0 Å². The maximum absolute atomic E-state index is 5.58. The Morgan fingerprint density at radius 3 is 2.47 bits per heavy atom. The monoisotopic (exact) mass is 272 g/mol. The van der Waals surface area contributed by atoms with E-state index in [4.69, 9.17) is 9.47 Å². The summed E-state index contributed by atoms with van der Waals surface area (Å²) in [5.74, 6) is 1.44. The third kappa shape index (κ3) is 4.67. The fourth-order valence-electron chi connectivity index (χ4n) is 1.14. The van der Waals surface area contributed by atoms with Crippen molar-refractivity contribution in [2.75, 3.05) is 19.0 Å². The number of alkyl halides is 1. The van der Waals surface area contributed by atoms with Gasteiger partial charge in [-0.15, -0.1) is 0 Å². The van der Waals surface area contributed by atoms with E-state index < -0.39 is 0 Å². The summed E-state index contributed by atoms with van der Waals surface area (Å²) in [7, 11) is 1.67. The van der Waals surface area contributed by atoms with Gasteiger partial charge in [-0.25, -0.2) is 0 Å². The molecule has 15 heavy (non-hydrogen) atoms. The zero-order chi connectivity index (χ0) is 11.1. The first-order chi connectivity index (χ1) is 7.26. The Bertz CT molecular complexity index is 271. The lowest BCUT2D eigenvalue weighted by Crippen LogP contribution is -2.06. The van der Waals surface area contributed by atoms with Gasteiger partial charge in [0.25, 0.3) is 0 Å². The first kappa shape index (κ1) is 12.5. The van der Waals surface area contributed by atoms with Crippen molar-refractivity contribution < 1.29 is 9.47 Å². The van der Waals surface area contributed by atoms with Gasteiger partial charge in [0.2, 0.25) is 0 Å². The van der Waals surface area contributed by atoms with Gasteiger partial charge < -0.3 is 9.47 Å². The van der Waals surface area contributed by atoms with Crippen molar-refractivity contribution in [2.45, 2.75) is 13.5 Å². The highest BCUT2D eigenvalue weighted by molar-refractivity contribution is 9.09. The average molecular weight is 273 g/mol. The van der Waals surface area contributed by atoms with Gasteiger partial charge in [0.05, 0.1) is 20.3 Å². The summed E-state index contributed by atoms with van der Waals surface area (Å²) >= 11 is 3.42. The highest BCUT2D eigenvalue weighted by atomic mass is 79.9. The number of hydrogen-bond donors (Lipinski definition) is 0. The van der Waals surface area contributed by atoms with E-state index in [-0.39, 0.29) is 0 Å². The molecule has 2 nitrogen and oxygen atoms in total. The fourth-order valence-corrected chi connectivity index (χ4v) is 1.33. The van der Waals surface area contributed by atoms with Crippen LogP contribution in [0, 0.1) is 5.92 Å². The first-order valence-electron chi connectivity index (χ1n) is 5.03. The molecule has 3 heteroatoms. The summed E-state index contributed by atoms with van der Waals surface area (Å²) in [6.07, 6.45) is 0. The normalized spacial score (nSPS) is 12.5. The first-order valence-corrected chi connectivity index (χ1v) is 6.15. The Balaban J connectivity index is 2.31. The van der Waals surface area contributed by atoms with Crippen LogP contribution in [0.1, 0.15) is 12.5 Å². The highest BCUT2D eigenvalue weighted by Crippen LogP contribution is 2.12. The van der Waals surface area contributed by atoms with Gasteiger partial charge in [-0.2, -0.15) is 0 Å². The van der Waals surface area contributed by atoms with Crippen LogP contribution in [0.3, 0.4) is 0 Å². The third-order valence-electron chi connectivity index (χ3n) is 2.09. The minimum atomic E-state index is 0.559. The second kappa shape index (κ2) is 6.85. The third-order valence-corrected chi connectivity index (χ3v) is 3.20. The number of halogens is 1. The number of ether oxygens (including phenoxy) is 2. The highest BCUT2D eigenvalue weighted by Gasteiger charge is 2.00. The van der Waals surface area contributed by atoms with E-state index in [1.165, 1.54) is 5.56 Å². The molecule has 0 amide bonds. The van der Waals surface area contributed by atoms with Crippen molar-refractivity contribution in [1.82, 2.24) is 0 Å². The minimum absolute atomic E-state index is 0.559. The van der Waals surface area contributed by atoms with Crippen LogP contribution in [-0.2, 0) is 11.3 Å². The topological polar surface area (TPSA) is 18.5 Å².